The van der Waals surface area contributed by atoms with Gasteiger partial charge >= 0.3 is 6.09 Å². The normalized spacial score (nSPS) is 10.9. The van der Waals surface area contributed by atoms with Crippen LogP contribution in [0.3, 0.4) is 0 Å². The van der Waals surface area contributed by atoms with Crippen molar-refractivity contribution in [3.05, 3.63) is 17.8 Å². The number of nitrogen functional groups attached to an aromatic ring is 1. The Kier molecular flexibility index (Phi) is 3.90. The molecule has 0 atom stereocenters. The SMILES string of the molecule is CN(C(=O)OC(C)(C)C)c1cc(C=O)cnc1N. The molecule has 6 nitrogen and oxygen atoms in total. The number of carbonyl (C=O) groups is 2. The molecule has 0 unspecified atom stereocenters. The van der Waals surface area contributed by atoms with Crippen LogP contribution in [0.1, 0.15) is 31.1 Å². The fraction of sp³-hybridized carbons (Fsp3) is 0.417. The number of nitrogens with zero attached hydrogens (tertiary/aromatic N) is 2. The molecule has 1 aromatic heterocycles. The Balaban J connectivity index is 2.99. The second kappa shape index (κ2) is 5.03. The summed E-state index contributed by atoms with van der Waals surface area (Å²) in [5.74, 6) is 0.161. The Morgan fingerprint density at radius 3 is 2.61 bits per heavy atom. The molecule has 1 rings (SSSR count). The highest BCUT2D eigenvalue weighted by Gasteiger charge is 2.22. The van der Waals surface area contributed by atoms with Crippen LogP contribution in [0.2, 0.25) is 0 Å². The average Bonchev–Trinajstić information content (AvgIpc) is 2.26. The molecule has 0 bridgehead atoms. The molecule has 0 aliphatic carbocycles. The Morgan fingerprint density at radius 2 is 2.11 bits per heavy atom. The lowest BCUT2D eigenvalue weighted by Gasteiger charge is -2.25. The summed E-state index contributed by atoms with van der Waals surface area (Å²) >= 11 is 0. The predicted octanol–water partition coefficient (Wildman–Crippen LogP) is 1.85. The first-order valence-corrected chi connectivity index (χ1v) is 5.42. The third kappa shape index (κ3) is 3.44. The van der Waals surface area contributed by atoms with Gasteiger partial charge in [0.2, 0.25) is 0 Å². The van der Waals surface area contributed by atoms with Gasteiger partial charge < -0.3 is 10.5 Å². The van der Waals surface area contributed by atoms with Crippen molar-refractivity contribution in [3.63, 3.8) is 0 Å². The summed E-state index contributed by atoms with van der Waals surface area (Å²) in [5, 5.41) is 0. The first-order chi connectivity index (χ1) is 8.24. The molecule has 1 amide bonds. The Hall–Kier alpha value is -2.11. The van der Waals surface area contributed by atoms with Gasteiger partial charge in [0, 0.05) is 18.8 Å². The second-order valence-corrected chi connectivity index (χ2v) is 4.83. The van der Waals surface area contributed by atoms with Gasteiger partial charge in [-0.3, -0.25) is 9.69 Å². The Morgan fingerprint density at radius 1 is 1.50 bits per heavy atom. The van der Waals surface area contributed by atoms with Crippen molar-refractivity contribution in [2.75, 3.05) is 17.7 Å². The van der Waals surface area contributed by atoms with Crippen molar-refractivity contribution in [2.24, 2.45) is 0 Å². The lowest BCUT2D eigenvalue weighted by molar-refractivity contribution is 0.0589. The minimum Gasteiger partial charge on any atom is -0.443 e. The number of aromatic nitrogens is 1. The van der Waals surface area contributed by atoms with Gasteiger partial charge in [0.15, 0.2) is 6.29 Å². The third-order valence-corrected chi connectivity index (χ3v) is 2.08. The zero-order valence-electron chi connectivity index (χ0n) is 10.9. The molecular formula is C12H17N3O3. The zero-order valence-corrected chi connectivity index (χ0v) is 10.9. The highest BCUT2D eigenvalue weighted by atomic mass is 16.6. The van der Waals surface area contributed by atoms with Gasteiger partial charge in [0.25, 0.3) is 0 Å². The Labute approximate surface area is 106 Å². The summed E-state index contributed by atoms with van der Waals surface area (Å²) in [6.07, 6.45) is 1.42. The van der Waals surface area contributed by atoms with Crippen molar-refractivity contribution >= 4 is 23.9 Å². The van der Waals surface area contributed by atoms with Crippen molar-refractivity contribution in [1.82, 2.24) is 4.98 Å². The van der Waals surface area contributed by atoms with E-state index >= 15 is 0 Å². The number of hydrogen-bond donors (Lipinski definition) is 1. The maximum atomic E-state index is 11.8. The zero-order chi connectivity index (χ0) is 13.9. The van der Waals surface area contributed by atoms with Crippen LogP contribution < -0.4 is 10.6 Å². The summed E-state index contributed by atoms with van der Waals surface area (Å²) in [6.45, 7) is 5.30. The molecule has 0 spiro atoms. The van der Waals surface area contributed by atoms with Crippen LogP contribution in [0, 0.1) is 0 Å². The van der Waals surface area contributed by atoms with E-state index in [0.29, 0.717) is 17.5 Å². The number of carbonyl (C=O) groups excluding carboxylic acids is 2. The molecule has 2 N–H and O–H groups in total. The lowest BCUT2D eigenvalue weighted by Crippen LogP contribution is -2.34. The van der Waals surface area contributed by atoms with Crippen LogP contribution >= 0.6 is 0 Å². The smallest absolute Gasteiger partial charge is 0.414 e. The molecule has 0 aromatic carbocycles. The van der Waals surface area contributed by atoms with Crippen molar-refractivity contribution in [3.8, 4) is 0 Å². The maximum Gasteiger partial charge on any atom is 0.414 e. The number of hydrogen-bond acceptors (Lipinski definition) is 5. The van der Waals surface area contributed by atoms with E-state index in [1.54, 1.807) is 20.8 Å². The molecule has 0 saturated carbocycles. The van der Waals surface area contributed by atoms with Gasteiger partial charge in [-0.05, 0) is 26.8 Å². The fourth-order valence-corrected chi connectivity index (χ4v) is 1.24. The summed E-state index contributed by atoms with van der Waals surface area (Å²) in [7, 11) is 1.51. The van der Waals surface area contributed by atoms with Crippen LogP contribution in [0.15, 0.2) is 12.3 Å². The van der Waals surface area contributed by atoms with E-state index in [0.717, 1.165) is 0 Å². The van der Waals surface area contributed by atoms with E-state index in [1.807, 2.05) is 0 Å². The number of nitrogens with two attached hydrogens (primary N) is 1. The first-order valence-electron chi connectivity index (χ1n) is 5.42. The maximum absolute atomic E-state index is 11.8. The van der Waals surface area contributed by atoms with Gasteiger partial charge in [-0.2, -0.15) is 0 Å². The van der Waals surface area contributed by atoms with E-state index in [2.05, 4.69) is 4.98 Å². The molecule has 6 heteroatoms. The van der Waals surface area contributed by atoms with E-state index in [4.69, 9.17) is 10.5 Å². The number of anilines is 2. The molecule has 1 heterocycles. The Bertz CT molecular complexity index is 466. The lowest BCUT2D eigenvalue weighted by atomic mass is 10.2. The highest BCUT2D eigenvalue weighted by molar-refractivity contribution is 5.92. The van der Waals surface area contributed by atoms with E-state index in [1.165, 1.54) is 24.2 Å². The summed E-state index contributed by atoms with van der Waals surface area (Å²) < 4.78 is 5.20. The van der Waals surface area contributed by atoms with Crippen molar-refractivity contribution in [2.45, 2.75) is 26.4 Å². The van der Waals surface area contributed by atoms with E-state index in [9.17, 15) is 9.59 Å². The minimum absolute atomic E-state index is 0.161. The number of ether oxygens (including phenoxy) is 1. The van der Waals surface area contributed by atoms with Crippen LogP contribution in [-0.2, 0) is 4.74 Å². The second-order valence-electron chi connectivity index (χ2n) is 4.83. The van der Waals surface area contributed by atoms with Gasteiger partial charge in [-0.15, -0.1) is 0 Å². The van der Waals surface area contributed by atoms with Crippen molar-refractivity contribution in [1.29, 1.82) is 0 Å². The van der Waals surface area contributed by atoms with E-state index < -0.39 is 11.7 Å². The molecular weight excluding hydrogens is 234 g/mol. The molecule has 98 valence electrons. The third-order valence-electron chi connectivity index (χ3n) is 2.08. The van der Waals surface area contributed by atoms with Crippen LogP contribution in [-0.4, -0.2) is 30.0 Å². The first kappa shape index (κ1) is 14.0. The van der Waals surface area contributed by atoms with Gasteiger partial charge in [-0.25, -0.2) is 9.78 Å². The molecule has 0 fully saturated rings. The summed E-state index contributed by atoms with van der Waals surface area (Å²) in [5.41, 5.74) is 5.75. The number of rotatable bonds is 2. The van der Waals surface area contributed by atoms with Gasteiger partial charge in [0.1, 0.15) is 11.4 Å². The molecule has 0 radical (unpaired) electrons. The molecule has 18 heavy (non-hydrogen) atoms. The number of amides is 1. The topological polar surface area (TPSA) is 85.5 Å². The quantitative estimate of drug-likeness (QED) is 0.811. The fourth-order valence-electron chi connectivity index (χ4n) is 1.24. The molecule has 0 aliphatic rings. The van der Waals surface area contributed by atoms with Gasteiger partial charge in [-0.1, -0.05) is 0 Å². The minimum atomic E-state index is -0.601. The molecule has 0 aliphatic heterocycles. The standard InChI is InChI=1S/C12H17N3O3/c1-12(2,3)18-11(17)15(4)9-5-8(7-16)6-14-10(9)13/h5-7H,1-4H3,(H2,13,14). The highest BCUT2D eigenvalue weighted by Crippen LogP contribution is 2.22. The van der Waals surface area contributed by atoms with Crippen LogP contribution in [0.5, 0.6) is 0 Å². The van der Waals surface area contributed by atoms with E-state index in [-0.39, 0.29) is 5.82 Å². The van der Waals surface area contributed by atoms with Crippen LogP contribution in [0.25, 0.3) is 0 Å². The molecule has 0 saturated heterocycles. The van der Waals surface area contributed by atoms with Crippen LogP contribution in [0.4, 0.5) is 16.3 Å². The summed E-state index contributed by atoms with van der Waals surface area (Å²) in [4.78, 5) is 27.6. The van der Waals surface area contributed by atoms with Crippen molar-refractivity contribution < 1.29 is 14.3 Å². The number of aldehydes is 1. The number of pyridine rings is 1. The average molecular weight is 251 g/mol. The predicted molar refractivity (Wildman–Crippen MR) is 68.7 cm³/mol. The van der Waals surface area contributed by atoms with Gasteiger partial charge in [0.05, 0.1) is 5.69 Å². The molecule has 1 aromatic rings. The largest absolute Gasteiger partial charge is 0.443 e. The monoisotopic (exact) mass is 251 g/mol. The summed E-state index contributed by atoms with van der Waals surface area (Å²) in [6, 6.07) is 1.49.